The Kier molecular flexibility index (Phi) is 3.33. The second-order valence-electron chi connectivity index (χ2n) is 5.32. The van der Waals surface area contributed by atoms with Crippen molar-refractivity contribution < 1.29 is 4.79 Å². The number of nitrogens with two attached hydrogens (primary N) is 1. The van der Waals surface area contributed by atoms with Crippen molar-refractivity contribution in [3.8, 4) is 0 Å². The van der Waals surface area contributed by atoms with Gasteiger partial charge in [0.25, 0.3) is 0 Å². The minimum absolute atomic E-state index is 0.00369. The minimum Gasteiger partial charge on any atom is -0.355 e. The molecule has 2 rings (SSSR count). The van der Waals surface area contributed by atoms with E-state index in [2.05, 4.69) is 12.2 Å². The fraction of sp³-hybridized carbons (Fsp3) is 0.769. The molecule has 1 amide bonds. The molecule has 3 heteroatoms. The van der Waals surface area contributed by atoms with E-state index < -0.39 is 0 Å². The fourth-order valence-corrected chi connectivity index (χ4v) is 2.66. The van der Waals surface area contributed by atoms with Gasteiger partial charge in [-0.2, -0.15) is 0 Å². The molecule has 2 unspecified atom stereocenters. The third-order valence-corrected chi connectivity index (χ3v) is 4.26. The summed E-state index contributed by atoms with van der Waals surface area (Å²) in [7, 11) is 0. The highest BCUT2D eigenvalue weighted by Gasteiger charge is 2.35. The van der Waals surface area contributed by atoms with Crippen LogP contribution in [0.1, 0.15) is 39.0 Å². The van der Waals surface area contributed by atoms with Gasteiger partial charge in [-0.25, -0.2) is 0 Å². The zero-order valence-corrected chi connectivity index (χ0v) is 10.0. The zero-order chi connectivity index (χ0) is 11.6. The molecule has 0 heterocycles. The van der Waals surface area contributed by atoms with Gasteiger partial charge < -0.3 is 11.1 Å². The van der Waals surface area contributed by atoms with Gasteiger partial charge in [-0.3, -0.25) is 4.79 Å². The van der Waals surface area contributed by atoms with Crippen molar-refractivity contribution in [3.05, 3.63) is 12.2 Å². The molecule has 0 bridgehead atoms. The van der Waals surface area contributed by atoms with Crippen molar-refractivity contribution in [2.45, 2.75) is 45.1 Å². The Morgan fingerprint density at radius 2 is 2.25 bits per heavy atom. The summed E-state index contributed by atoms with van der Waals surface area (Å²) in [6, 6.07) is 0.0691. The van der Waals surface area contributed by atoms with Crippen LogP contribution >= 0.6 is 0 Å². The van der Waals surface area contributed by atoms with E-state index >= 15 is 0 Å². The molecule has 2 atom stereocenters. The summed E-state index contributed by atoms with van der Waals surface area (Å²) < 4.78 is 0. The molecule has 0 saturated heterocycles. The normalized spacial score (nSPS) is 31.1. The molecule has 90 valence electrons. The van der Waals surface area contributed by atoms with Crippen LogP contribution in [0.15, 0.2) is 12.2 Å². The average molecular weight is 222 g/mol. The van der Waals surface area contributed by atoms with Gasteiger partial charge in [0, 0.05) is 12.6 Å². The lowest BCUT2D eigenvalue weighted by molar-refractivity contribution is -0.124. The van der Waals surface area contributed by atoms with Crippen LogP contribution in [0.4, 0.5) is 0 Å². The van der Waals surface area contributed by atoms with Crippen LogP contribution in [-0.4, -0.2) is 18.5 Å². The van der Waals surface area contributed by atoms with Gasteiger partial charge in [0.1, 0.15) is 0 Å². The van der Waals surface area contributed by atoms with Crippen molar-refractivity contribution in [3.63, 3.8) is 0 Å². The number of nitrogens with one attached hydrogen (secondary N) is 1. The predicted molar refractivity (Wildman–Crippen MR) is 64.8 cm³/mol. The summed E-state index contributed by atoms with van der Waals surface area (Å²) in [6.07, 6.45) is 9.67. The number of amides is 1. The molecule has 0 aromatic carbocycles. The highest BCUT2D eigenvalue weighted by Crippen LogP contribution is 2.43. The second kappa shape index (κ2) is 4.58. The summed E-state index contributed by atoms with van der Waals surface area (Å²) in [5.41, 5.74) is 6.14. The van der Waals surface area contributed by atoms with Crippen LogP contribution in [0.25, 0.3) is 0 Å². The van der Waals surface area contributed by atoms with Crippen molar-refractivity contribution in [2.75, 3.05) is 6.54 Å². The Balaban J connectivity index is 1.77. The quantitative estimate of drug-likeness (QED) is 0.710. The smallest absolute Gasteiger partial charge is 0.227 e. The Morgan fingerprint density at radius 1 is 1.50 bits per heavy atom. The molecule has 0 aromatic rings. The van der Waals surface area contributed by atoms with Crippen LogP contribution in [0.2, 0.25) is 0 Å². The Labute approximate surface area is 97.5 Å². The maximum atomic E-state index is 11.9. The maximum absolute atomic E-state index is 11.9. The molecule has 2 aliphatic carbocycles. The van der Waals surface area contributed by atoms with E-state index in [-0.39, 0.29) is 17.9 Å². The minimum atomic E-state index is 0.00369. The van der Waals surface area contributed by atoms with Crippen LogP contribution in [-0.2, 0) is 4.79 Å². The monoisotopic (exact) mass is 222 g/mol. The zero-order valence-electron chi connectivity index (χ0n) is 10.0. The van der Waals surface area contributed by atoms with E-state index in [1.165, 1.54) is 25.7 Å². The van der Waals surface area contributed by atoms with Crippen LogP contribution in [0, 0.1) is 11.3 Å². The van der Waals surface area contributed by atoms with Crippen molar-refractivity contribution in [2.24, 2.45) is 17.1 Å². The Bertz CT molecular complexity index is 289. The van der Waals surface area contributed by atoms with E-state index in [9.17, 15) is 4.79 Å². The van der Waals surface area contributed by atoms with Crippen LogP contribution in [0.5, 0.6) is 0 Å². The summed E-state index contributed by atoms with van der Waals surface area (Å²) in [6.45, 7) is 3.07. The van der Waals surface area contributed by atoms with Gasteiger partial charge in [-0.15, -0.1) is 0 Å². The predicted octanol–water partition coefficient (Wildman–Crippen LogP) is 1.59. The summed E-state index contributed by atoms with van der Waals surface area (Å²) in [5, 5.41) is 3.09. The number of rotatable bonds is 4. The van der Waals surface area contributed by atoms with Gasteiger partial charge in [-0.1, -0.05) is 25.5 Å². The van der Waals surface area contributed by atoms with Crippen LogP contribution in [0.3, 0.4) is 0 Å². The van der Waals surface area contributed by atoms with E-state index in [4.69, 9.17) is 5.73 Å². The lowest BCUT2D eigenvalue weighted by Gasteiger charge is -2.41. The molecule has 3 nitrogen and oxygen atoms in total. The topological polar surface area (TPSA) is 55.1 Å². The van der Waals surface area contributed by atoms with Gasteiger partial charge >= 0.3 is 0 Å². The summed E-state index contributed by atoms with van der Waals surface area (Å²) in [5.74, 6) is 0.160. The SMILES string of the molecule is CCC1(CNC(=O)C2C=CC(N)C2)CCC1. The summed E-state index contributed by atoms with van der Waals surface area (Å²) >= 11 is 0. The molecule has 1 saturated carbocycles. The highest BCUT2D eigenvalue weighted by atomic mass is 16.1. The van der Waals surface area contributed by atoms with Gasteiger partial charge in [0.15, 0.2) is 0 Å². The number of carbonyl (C=O) groups excluding carboxylic acids is 1. The molecule has 2 aliphatic rings. The summed E-state index contributed by atoms with van der Waals surface area (Å²) in [4.78, 5) is 11.9. The molecule has 0 radical (unpaired) electrons. The lowest BCUT2D eigenvalue weighted by Crippen LogP contribution is -2.43. The van der Waals surface area contributed by atoms with E-state index in [1.807, 2.05) is 12.2 Å². The largest absolute Gasteiger partial charge is 0.355 e. The van der Waals surface area contributed by atoms with Crippen molar-refractivity contribution in [1.29, 1.82) is 0 Å². The molecular weight excluding hydrogens is 200 g/mol. The fourth-order valence-electron chi connectivity index (χ4n) is 2.66. The molecule has 0 spiro atoms. The van der Waals surface area contributed by atoms with Gasteiger partial charge in [0.05, 0.1) is 5.92 Å². The van der Waals surface area contributed by atoms with Crippen molar-refractivity contribution >= 4 is 5.91 Å². The third kappa shape index (κ3) is 2.29. The number of carbonyl (C=O) groups is 1. The van der Waals surface area contributed by atoms with Gasteiger partial charge in [0.2, 0.25) is 5.91 Å². The maximum Gasteiger partial charge on any atom is 0.227 e. The molecular formula is C13H22N2O. The second-order valence-corrected chi connectivity index (χ2v) is 5.32. The Hall–Kier alpha value is -0.830. The average Bonchev–Trinajstić information content (AvgIpc) is 2.64. The van der Waals surface area contributed by atoms with Gasteiger partial charge in [-0.05, 0) is 31.1 Å². The molecule has 0 aliphatic heterocycles. The first-order chi connectivity index (χ1) is 7.65. The first kappa shape index (κ1) is 11.6. The Morgan fingerprint density at radius 3 is 2.69 bits per heavy atom. The van der Waals surface area contributed by atoms with E-state index in [0.717, 1.165) is 13.0 Å². The lowest BCUT2D eigenvalue weighted by atomic mass is 9.67. The van der Waals surface area contributed by atoms with E-state index in [1.54, 1.807) is 0 Å². The number of hydrogen-bond donors (Lipinski definition) is 2. The van der Waals surface area contributed by atoms with E-state index in [0.29, 0.717) is 5.41 Å². The highest BCUT2D eigenvalue weighted by molar-refractivity contribution is 5.81. The first-order valence-corrected chi connectivity index (χ1v) is 6.37. The molecule has 1 fully saturated rings. The standard InChI is InChI=1S/C13H22N2O/c1-2-13(6-3-7-13)9-15-12(16)10-4-5-11(14)8-10/h4-5,10-11H,2-3,6-9,14H2,1H3,(H,15,16). The molecule has 16 heavy (non-hydrogen) atoms. The van der Waals surface area contributed by atoms with Crippen LogP contribution < -0.4 is 11.1 Å². The first-order valence-electron chi connectivity index (χ1n) is 6.37. The third-order valence-electron chi connectivity index (χ3n) is 4.26. The van der Waals surface area contributed by atoms with Crippen molar-refractivity contribution in [1.82, 2.24) is 5.32 Å². The molecule has 3 N–H and O–H groups in total. The number of hydrogen-bond acceptors (Lipinski definition) is 2. The molecule has 0 aromatic heterocycles.